The van der Waals surface area contributed by atoms with E-state index in [1.54, 1.807) is 0 Å². The molecule has 4 heterocycles. The third kappa shape index (κ3) is 5.45. The van der Waals surface area contributed by atoms with Gasteiger partial charge in [-0.2, -0.15) is 5.10 Å². The lowest BCUT2D eigenvalue weighted by atomic mass is 10.0. The van der Waals surface area contributed by atoms with Gasteiger partial charge in [0.05, 0.1) is 29.0 Å². The average Bonchev–Trinajstić information content (AvgIpc) is 3.63. The van der Waals surface area contributed by atoms with Crippen LogP contribution in [0.3, 0.4) is 0 Å². The van der Waals surface area contributed by atoms with Gasteiger partial charge < -0.3 is 10.3 Å². The monoisotopic (exact) mass is 538 g/mol. The molecule has 40 heavy (non-hydrogen) atoms. The summed E-state index contributed by atoms with van der Waals surface area (Å²) in [6.45, 7) is 7.13. The number of carbonyl (C=O) groups is 1. The summed E-state index contributed by atoms with van der Waals surface area (Å²) in [5.41, 5.74) is 6.52. The highest BCUT2D eigenvalue weighted by Gasteiger charge is 2.23. The average molecular weight is 539 g/mol. The lowest BCUT2D eigenvalue weighted by molar-refractivity contribution is 0.0952. The molecule has 8 heteroatoms. The molecule has 2 aliphatic rings. The summed E-state index contributed by atoms with van der Waals surface area (Å²) in [6, 6.07) is 10.5. The van der Waals surface area contributed by atoms with Gasteiger partial charge in [0.1, 0.15) is 0 Å². The quantitative estimate of drug-likeness (QED) is 0.327. The highest BCUT2D eigenvalue weighted by atomic mass is 16.1. The first-order chi connectivity index (χ1) is 19.5. The topological polar surface area (TPSA) is 95.9 Å². The predicted molar refractivity (Wildman–Crippen MR) is 157 cm³/mol. The molecule has 2 fully saturated rings. The Labute approximate surface area is 234 Å². The molecule has 8 nitrogen and oxygen atoms in total. The zero-order valence-electron chi connectivity index (χ0n) is 23.5. The maximum Gasteiger partial charge on any atom is 0.253 e. The molecule has 0 radical (unpaired) electrons. The van der Waals surface area contributed by atoms with E-state index >= 15 is 0 Å². The second-order valence-corrected chi connectivity index (χ2v) is 11.5. The van der Waals surface area contributed by atoms with E-state index in [1.807, 2.05) is 38.4 Å². The van der Waals surface area contributed by atoms with E-state index in [4.69, 9.17) is 10.1 Å². The Hall–Kier alpha value is -3.78. The van der Waals surface area contributed by atoms with E-state index < -0.39 is 0 Å². The summed E-state index contributed by atoms with van der Waals surface area (Å²) in [5, 5.41) is 8.57. The number of nitrogens with one attached hydrogen (secondary N) is 2. The number of hydrogen-bond acceptors (Lipinski definition) is 5. The first kappa shape index (κ1) is 26.4. The largest absolute Gasteiger partial charge is 0.348 e. The summed E-state index contributed by atoms with van der Waals surface area (Å²) < 4.78 is 2.10. The van der Waals surface area contributed by atoms with Crippen LogP contribution in [0, 0.1) is 13.8 Å². The minimum Gasteiger partial charge on any atom is -0.348 e. The standard InChI is InChI=1S/C32H38N6O2/c1-21-14-22(2)36-32(40)27(21)18-34-31(39)26-15-24(16-30-28(26)19-35-38(30)25-8-4-5-9-25)29-11-10-23(17-33-29)20-37-12-6-3-7-13-37/h10-11,14-17,19,25H,3-9,12-13,18,20H2,1-2H3,(H,34,39)(H,36,40). The number of hydrogen-bond donors (Lipinski definition) is 2. The number of benzene rings is 1. The van der Waals surface area contributed by atoms with Crippen LogP contribution < -0.4 is 10.9 Å². The second kappa shape index (κ2) is 11.4. The van der Waals surface area contributed by atoms with E-state index in [9.17, 15) is 9.59 Å². The predicted octanol–water partition coefficient (Wildman–Crippen LogP) is 5.43. The fourth-order valence-corrected chi connectivity index (χ4v) is 6.35. The fourth-order valence-electron chi connectivity index (χ4n) is 6.35. The van der Waals surface area contributed by atoms with Crippen LogP contribution in [-0.2, 0) is 13.1 Å². The minimum atomic E-state index is -0.223. The van der Waals surface area contributed by atoms with Gasteiger partial charge in [0.25, 0.3) is 11.5 Å². The lowest BCUT2D eigenvalue weighted by Gasteiger charge is -2.26. The maximum atomic E-state index is 13.6. The van der Waals surface area contributed by atoms with Crippen LogP contribution in [0.15, 0.2) is 47.5 Å². The number of aromatic nitrogens is 4. The first-order valence-electron chi connectivity index (χ1n) is 14.6. The van der Waals surface area contributed by atoms with E-state index in [0.717, 1.165) is 65.9 Å². The zero-order chi connectivity index (χ0) is 27.6. The van der Waals surface area contributed by atoms with Crippen LogP contribution >= 0.6 is 0 Å². The second-order valence-electron chi connectivity index (χ2n) is 11.5. The van der Waals surface area contributed by atoms with Crippen molar-refractivity contribution in [2.45, 2.75) is 77.9 Å². The van der Waals surface area contributed by atoms with E-state index in [1.165, 1.54) is 37.7 Å². The third-order valence-corrected chi connectivity index (χ3v) is 8.53. The van der Waals surface area contributed by atoms with Crippen molar-refractivity contribution < 1.29 is 4.79 Å². The molecule has 4 aromatic rings. The Balaban J connectivity index is 1.32. The number of piperidine rings is 1. The van der Waals surface area contributed by atoms with Crippen LogP contribution in [0.25, 0.3) is 22.2 Å². The first-order valence-corrected chi connectivity index (χ1v) is 14.6. The number of aryl methyl sites for hydroxylation is 2. The Kier molecular flexibility index (Phi) is 7.52. The van der Waals surface area contributed by atoms with Gasteiger partial charge >= 0.3 is 0 Å². The molecular weight excluding hydrogens is 500 g/mol. The van der Waals surface area contributed by atoms with Gasteiger partial charge in [-0.25, -0.2) is 0 Å². The van der Waals surface area contributed by atoms with Crippen LogP contribution in [0.1, 0.15) is 83.7 Å². The lowest BCUT2D eigenvalue weighted by Crippen LogP contribution is -2.29. The van der Waals surface area contributed by atoms with Crippen LogP contribution in [0.2, 0.25) is 0 Å². The van der Waals surface area contributed by atoms with Gasteiger partial charge in [0, 0.05) is 41.5 Å². The highest BCUT2D eigenvalue weighted by molar-refractivity contribution is 6.07. The molecule has 1 amide bonds. The molecule has 2 N–H and O–H groups in total. The number of likely N-dealkylation sites (tertiary alicyclic amines) is 1. The molecule has 6 rings (SSSR count). The summed E-state index contributed by atoms with van der Waals surface area (Å²) in [6.07, 6.45) is 12.2. The van der Waals surface area contributed by atoms with E-state index in [0.29, 0.717) is 17.2 Å². The minimum absolute atomic E-state index is 0.159. The van der Waals surface area contributed by atoms with Crippen molar-refractivity contribution in [3.05, 3.63) is 81.0 Å². The molecule has 1 aliphatic heterocycles. The molecule has 0 unspecified atom stereocenters. The van der Waals surface area contributed by atoms with E-state index in [2.05, 4.69) is 38.1 Å². The number of aromatic amines is 1. The van der Waals surface area contributed by atoms with Crippen LogP contribution in [-0.4, -0.2) is 43.6 Å². The van der Waals surface area contributed by atoms with Gasteiger partial charge in [-0.15, -0.1) is 0 Å². The number of fused-ring (bicyclic) bond motifs is 1. The molecule has 1 saturated carbocycles. The third-order valence-electron chi connectivity index (χ3n) is 8.53. The van der Waals surface area contributed by atoms with Crippen molar-refractivity contribution in [3.63, 3.8) is 0 Å². The molecule has 0 atom stereocenters. The number of pyridine rings is 2. The van der Waals surface area contributed by atoms with Gasteiger partial charge in [-0.1, -0.05) is 25.3 Å². The Morgan fingerprint density at radius 3 is 2.55 bits per heavy atom. The number of carbonyl (C=O) groups excluding carboxylic acids is 1. The molecule has 3 aromatic heterocycles. The van der Waals surface area contributed by atoms with Crippen molar-refractivity contribution in [2.24, 2.45) is 0 Å². The van der Waals surface area contributed by atoms with Gasteiger partial charge in [-0.3, -0.25) is 24.2 Å². The number of amides is 1. The molecule has 1 aromatic carbocycles. The molecule has 0 bridgehead atoms. The van der Waals surface area contributed by atoms with E-state index in [-0.39, 0.29) is 18.0 Å². The fraction of sp³-hybridized carbons (Fsp3) is 0.438. The number of H-pyrrole nitrogens is 1. The summed E-state index contributed by atoms with van der Waals surface area (Å²) in [7, 11) is 0. The molecule has 1 saturated heterocycles. The van der Waals surface area contributed by atoms with Crippen molar-refractivity contribution in [1.29, 1.82) is 0 Å². The zero-order valence-corrected chi connectivity index (χ0v) is 23.5. The molecule has 0 spiro atoms. The molecular formula is C32H38N6O2. The summed E-state index contributed by atoms with van der Waals surface area (Å²) in [5.74, 6) is -0.223. The number of nitrogens with zero attached hydrogens (tertiary/aromatic N) is 4. The molecule has 1 aliphatic carbocycles. The van der Waals surface area contributed by atoms with Crippen molar-refractivity contribution >= 4 is 16.8 Å². The SMILES string of the molecule is Cc1cc(C)c(CNC(=O)c2cc(-c3ccc(CN4CCCCC4)cn3)cc3c2cnn3C2CCCC2)c(=O)[nH]1. The van der Waals surface area contributed by atoms with Crippen molar-refractivity contribution in [2.75, 3.05) is 13.1 Å². The van der Waals surface area contributed by atoms with Crippen molar-refractivity contribution in [3.8, 4) is 11.3 Å². The normalized spacial score (nSPS) is 16.6. The van der Waals surface area contributed by atoms with Gasteiger partial charge in [0.2, 0.25) is 0 Å². The molecule has 208 valence electrons. The van der Waals surface area contributed by atoms with Crippen LogP contribution in [0.4, 0.5) is 0 Å². The highest BCUT2D eigenvalue weighted by Crippen LogP contribution is 2.34. The van der Waals surface area contributed by atoms with Crippen molar-refractivity contribution in [1.82, 2.24) is 30.0 Å². The smallest absolute Gasteiger partial charge is 0.253 e. The van der Waals surface area contributed by atoms with Crippen LogP contribution in [0.5, 0.6) is 0 Å². The van der Waals surface area contributed by atoms with Gasteiger partial charge in [-0.05, 0) is 88.0 Å². The Morgan fingerprint density at radius 2 is 1.82 bits per heavy atom. The Morgan fingerprint density at radius 1 is 1.02 bits per heavy atom. The number of rotatable bonds is 7. The Bertz CT molecular complexity index is 1570. The summed E-state index contributed by atoms with van der Waals surface area (Å²) >= 11 is 0. The summed E-state index contributed by atoms with van der Waals surface area (Å²) in [4.78, 5) is 36.3. The van der Waals surface area contributed by atoms with Gasteiger partial charge in [0.15, 0.2) is 0 Å². The maximum absolute atomic E-state index is 13.6.